The summed E-state index contributed by atoms with van der Waals surface area (Å²) >= 11 is 0. The summed E-state index contributed by atoms with van der Waals surface area (Å²) in [5.41, 5.74) is 8.88. The van der Waals surface area contributed by atoms with Gasteiger partial charge in [-0.15, -0.1) is 0 Å². The van der Waals surface area contributed by atoms with E-state index in [2.05, 4.69) is 51.7 Å². The Morgan fingerprint density at radius 2 is 1.90 bits per heavy atom. The van der Waals surface area contributed by atoms with Crippen LogP contribution in [0.3, 0.4) is 0 Å². The number of rotatable bonds is 8. The molecule has 1 saturated heterocycles. The topological polar surface area (TPSA) is 82.7 Å². The molecule has 3 rings (SSSR count). The Morgan fingerprint density at radius 1 is 1.19 bits per heavy atom. The Labute approximate surface area is 183 Å². The van der Waals surface area contributed by atoms with Crippen LogP contribution in [0.2, 0.25) is 0 Å². The molecule has 6 nitrogen and oxygen atoms in total. The standard InChI is InChI=1S/C24H32FN5O/c1-17(19-6-5-7-22(15-19)30-12-3-4-13-30)29-24(27-2)28-16-20(23(26)31)14-18-8-10-21(25)11-9-18/h5-11,15,17,20H,3-4,12-14,16H2,1-2H3,(H2,26,31)(H2,27,28,29). The quantitative estimate of drug-likeness (QED) is 0.449. The number of guanidine groups is 1. The Hall–Kier alpha value is -3.09. The maximum absolute atomic E-state index is 13.1. The third-order valence-corrected chi connectivity index (χ3v) is 5.73. The number of nitrogens with two attached hydrogens (primary N) is 1. The van der Waals surface area contributed by atoms with E-state index in [0.717, 1.165) is 18.7 Å². The van der Waals surface area contributed by atoms with Crippen molar-refractivity contribution in [1.82, 2.24) is 10.6 Å². The predicted octanol–water partition coefficient (Wildman–Crippen LogP) is 3.00. The van der Waals surface area contributed by atoms with E-state index in [9.17, 15) is 9.18 Å². The van der Waals surface area contributed by atoms with Crippen LogP contribution in [0.5, 0.6) is 0 Å². The number of carbonyl (C=O) groups is 1. The zero-order valence-corrected chi connectivity index (χ0v) is 18.3. The largest absolute Gasteiger partial charge is 0.372 e. The summed E-state index contributed by atoms with van der Waals surface area (Å²) < 4.78 is 13.1. The third kappa shape index (κ3) is 6.44. The van der Waals surface area contributed by atoms with Gasteiger partial charge in [0.15, 0.2) is 5.96 Å². The van der Waals surface area contributed by atoms with Gasteiger partial charge in [0.1, 0.15) is 5.82 Å². The highest BCUT2D eigenvalue weighted by Crippen LogP contribution is 2.24. The summed E-state index contributed by atoms with van der Waals surface area (Å²) in [6.07, 6.45) is 2.92. The van der Waals surface area contributed by atoms with Gasteiger partial charge in [0.25, 0.3) is 0 Å². The number of anilines is 1. The summed E-state index contributed by atoms with van der Waals surface area (Å²) in [4.78, 5) is 18.6. The molecule has 2 atom stereocenters. The van der Waals surface area contributed by atoms with Crippen LogP contribution in [0.4, 0.5) is 10.1 Å². The molecule has 2 aromatic carbocycles. The first-order valence-corrected chi connectivity index (χ1v) is 10.8. The minimum atomic E-state index is -0.433. The molecule has 0 bridgehead atoms. The molecule has 166 valence electrons. The van der Waals surface area contributed by atoms with Gasteiger partial charge in [-0.2, -0.15) is 0 Å². The van der Waals surface area contributed by atoms with Crippen molar-refractivity contribution in [3.05, 3.63) is 65.5 Å². The molecular formula is C24H32FN5O. The lowest BCUT2D eigenvalue weighted by atomic mass is 9.98. The first-order chi connectivity index (χ1) is 15.0. The molecule has 0 aromatic heterocycles. The van der Waals surface area contributed by atoms with Crippen LogP contribution in [0.25, 0.3) is 0 Å². The minimum Gasteiger partial charge on any atom is -0.372 e. The molecule has 4 N–H and O–H groups in total. The molecule has 2 aromatic rings. The Morgan fingerprint density at radius 3 is 2.55 bits per heavy atom. The van der Waals surface area contributed by atoms with Crippen LogP contribution in [-0.2, 0) is 11.2 Å². The number of hydrogen-bond donors (Lipinski definition) is 3. The van der Waals surface area contributed by atoms with Crippen molar-refractivity contribution >= 4 is 17.6 Å². The highest BCUT2D eigenvalue weighted by atomic mass is 19.1. The van der Waals surface area contributed by atoms with E-state index < -0.39 is 11.8 Å². The summed E-state index contributed by atoms with van der Waals surface area (Å²) in [6.45, 7) is 4.64. The number of primary amides is 1. The van der Waals surface area contributed by atoms with Crippen LogP contribution in [0.1, 0.15) is 36.9 Å². The fourth-order valence-corrected chi connectivity index (χ4v) is 3.85. The van der Waals surface area contributed by atoms with Crippen LogP contribution in [0, 0.1) is 11.7 Å². The molecule has 2 unspecified atom stereocenters. The van der Waals surface area contributed by atoms with E-state index in [1.54, 1.807) is 19.2 Å². The number of amides is 1. The fourth-order valence-electron chi connectivity index (χ4n) is 3.85. The number of hydrogen-bond acceptors (Lipinski definition) is 3. The molecule has 0 saturated carbocycles. The Balaban J connectivity index is 1.58. The van der Waals surface area contributed by atoms with Crippen molar-refractivity contribution in [2.24, 2.45) is 16.6 Å². The molecule has 31 heavy (non-hydrogen) atoms. The molecule has 1 amide bonds. The van der Waals surface area contributed by atoms with Crippen LogP contribution >= 0.6 is 0 Å². The smallest absolute Gasteiger partial charge is 0.222 e. The van der Waals surface area contributed by atoms with E-state index in [-0.39, 0.29) is 11.9 Å². The van der Waals surface area contributed by atoms with Crippen LogP contribution < -0.4 is 21.3 Å². The van der Waals surface area contributed by atoms with E-state index in [0.29, 0.717) is 18.9 Å². The SMILES string of the molecule is CN=C(NCC(Cc1ccc(F)cc1)C(N)=O)NC(C)c1cccc(N2CCCC2)c1. The molecule has 1 fully saturated rings. The van der Waals surface area contributed by atoms with E-state index in [1.807, 2.05) is 0 Å². The van der Waals surface area contributed by atoms with E-state index in [4.69, 9.17) is 5.73 Å². The van der Waals surface area contributed by atoms with E-state index >= 15 is 0 Å². The zero-order chi connectivity index (χ0) is 22.2. The van der Waals surface area contributed by atoms with Crippen molar-refractivity contribution in [2.75, 3.05) is 31.6 Å². The van der Waals surface area contributed by atoms with Gasteiger partial charge in [0, 0.05) is 32.4 Å². The molecule has 1 aliphatic rings. The molecule has 0 aliphatic carbocycles. The van der Waals surface area contributed by atoms with Crippen molar-refractivity contribution < 1.29 is 9.18 Å². The number of halogens is 1. The average Bonchev–Trinajstić information content (AvgIpc) is 3.31. The van der Waals surface area contributed by atoms with Gasteiger partial charge in [-0.25, -0.2) is 4.39 Å². The molecule has 1 heterocycles. The highest BCUT2D eigenvalue weighted by molar-refractivity contribution is 5.82. The van der Waals surface area contributed by atoms with Gasteiger partial charge in [-0.05, 0) is 61.6 Å². The molecule has 0 radical (unpaired) electrons. The average molecular weight is 426 g/mol. The van der Waals surface area contributed by atoms with Gasteiger partial charge in [-0.1, -0.05) is 24.3 Å². The molecule has 0 spiro atoms. The second-order valence-corrected chi connectivity index (χ2v) is 8.04. The number of nitrogens with one attached hydrogen (secondary N) is 2. The number of aliphatic imine (C=N–C) groups is 1. The van der Waals surface area contributed by atoms with Crippen LogP contribution in [0.15, 0.2) is 53.5 Å². The zero-order valence-electron chi connectivity index (χ0n) is 18.3. The third-order valence-electron chi connectivity index (χ3n) is 5.73. The van der Waals surface area contributed by atoms with Crippen LogP contribution in [-0.4, -0.2) is 38.5 Å². The highest BCUT2D eigenvalue weighted by Gasteiger charge is 2.18. The summed E-state index contributed by atoms with van der Waals surface area (Å²) in [5, 5.41) is 6.59. The summed E-state index contributed by atoms with van der Waals surface area (Å²) in [6, 6.07) is 14.7. The van der Waals surface area contributed by atoms with Gasteiger partial charge < -0.3 is 21.3 Å². The molecule has 7 heteroatoms. The number of benzene rings is 2. The maximum Gasteiger partial charge on any atom is 0.222 e. The Kier molecular flexibility index (Phi) is 7.87. The van der Waals surface area contributed by atoms with Gasteiger partial charge in [-0.3, -0.25) is 9.79 Å². The Bertz CT molecular complexity index is 893. The first-order valence-electron chi connectivity index (χ1n) is 10.8. The second kappa shape index (κ2) is 10.8. The van der Waals surface area contributed by atoms with Crippen molar-refractivity contribution in [3.8, 4) is 0 Å². The lowest BCUT2D eigenvalue weighted by molar-refractivity contribution is -0.121. The summed E-state index contributed by atoms with van der Waals surface area (Å²) in [7, 11) is 1.70. The molecule has 1 aliphatic heterocycles. The second-order valence-electron chi connectivity index (χ2n) is 8.04. The van der Waals surface area contributed by atoms with Crippen molar-refractivity contribution in [3.63, 3.8) is 0 Å². The predicted molar refractivity (Wildman–Crippen MR) is 124 cm³/mol. The van der Waals surface area contributed by atoms with Gasteiger partial charge >= 0.3 is 0 Å². The van der Waals surface area contributed by atoms with Crippen molar-refractivity contribution in [2.45, 2.75) is 32.2 Å². The lowest BCUT2D eigenvalue weighted by Gasteiger charge is -2.23. The summed E-state index contributed by atoms with van der Waals surface area (Å²) in [5.74, 6) is -0.536. The minimum absolute atomic E-state index is 0.0397. The number of nitrogens with zero attached hydrogens (tertiary/aromatic N) is 2. The lowest BCUT2D eigenvalue weighted by Crippen LogP contribution is -2.43. The maximum atomic E-state index is 13.1. The monoisotopic (exact) mass is 425 g/mol. The normalized spacial score (nSPS) is 16.1. The molecular weight excluding hydrogens is 393 g/mol. The van der Waals surface area contributed by atoms with E-state index in [1.165, 1.54) is 36.2 Å². The van der Waals surface area contributed by atoms with Gasteiger partial charge in [0.2, 0.25) is 5.91 Å². The fraction of sp³-hybridized carbons (Fsp3) is 0.417. The van der Waals surface area contributed by atoms with Gasteiger partial charge in [0.05, 0.1) is 12.0 Å². The first kappa shape index (κ1) is 22.6. The van der Waals surface area contributed by atoms with Crippen molar-refractivity contribution in [1.29, 1.82) is 0 Å². The number of carbonyl (C=O) groups excluding carboxylic acids is 1.